The highest BCUT2D eigenvalue weighted by molar-refractivity contribution is 6.30. The molecule has 2 rings (SSSR count). The first-order valence-corrected chi connectivity index (χ1v) is 8.28. The Morgan fingerprint density at radius 1 is 1.21 bits per heavy atom. The molecule has 1 aromatic carbocycles. The smallest absolute Gasteiger partial charge is 0.252 e. The minimum Gasteiger partial charge on any atom is -0.380 e. The van der Waals surface area contributed by atoms with Crippen LogP contribution in [-0.2, 0) is 6.54 Å². The first-order chi connectivity index (χ1) is 11.5. The third kappa shape index (κ3) is 6.18. The topological polar surface area (TPSA) is 57.3 Å². The fraction of sp³-hybridized carbons (Fsp3) is 0.333. The highest BCUT2D eigenvalue weighted by atomic mass is 35.5. The number of nitrogens with one attached hydrogen (secondary N) is 2. The third-order valence-corrected chi connectivity index (χ3v) is 3.73. The summed E-state index contributed by atoms with van der Waals surface area (Å²) in [5.41, 5.74) is 2.48. The van der Waals surface area contributed by atoms with E-state index in [1.807, 2.05) is 44.4 Å². The number of hydrogen-bond donors (Lipinski definition) is 2. The van der Waals surface area contributed by atoms with Gasteiger partial charge in [0.15, 0.2) is 0 Å². The van der Waals surface area contributed by atoms with Crippen LogP contribution in [0.3, 0.4) is 0 Å². The van der Waals surface area contributed by atoms with Crippen LogP contribution >= 0.6 is 11.6 Å². The molecule has 1 amide bonds. The summed E-state index contributed by atoms with van der Waals surface area (Å²) in [7, 11) is 4.03. The Labute approximate surface area is 148 Å². The maximum atomic E-state index is 12.1. The van der Waals surface area contributed by atoms with E-state index in [1.165, 1.54) is 0 Å². The molecule has 1 aromatic heterocycles. The van der Waals surface area contributed by atoms with E-state index >= 15 is 0 Å². The van der Waals surface area contributed by atoms with Crippen molar-refractivity contribution in [1.29, 1.82) is 0 Å². The maximum Gasteiger partial charge on any atom is 0.252 e. The van der Waals surface area contributed by atoms with E-state index in [0.717, 1.165) is 24.2 Å². The third-order valence-electron chi connectivity index (χ3n) is 3.48. The molecule has 1 heterocycles. The molecule has 0 unspecified atom stereocenters. The minimum atomic E-state index is -0.101. The van der Waals surface area contributed by atoms with Crippen LogP contribution in [0.25, 0.3) is 0 Å². The molecule has 0 aliphatic rings. The van der Waals surface area contributed by atoms with Crippen LogP contribution in [0.5, 0.6) is 0 Å². The van der Waals surface area contributed by atoms with Crippen molar-refractivity contribution in [3.8, 4) is 0 Å². The summed E-state index contributed by atoms with van der Waals surface area (Å²) in [6.45, 7) is 2.24. The summed E-state index contributed by atoms with van der Waals surface area (Å²) in [6, 6.07) is 9.45. The van der Waals surface area contributed by atoms with E-state index in [4.69, 9.17) is 11.6 Å². The van der Waals surface area contributed by atoms with Crippen LogP contribution < -0.4 is 10.6 Å². The summed E-state index contributed by atoms with van der Waals surface area (Å²) in [5.74, 6) is -0.101. The number of aromatic nitrogens is 1. The van der Waals surface area contributed by atoms with E-state index in [2.05, 4.69) is 20.5 Å². The molecule has 0 aliphatic carbocycles. The molecule has 2 N–H and O–H groups in total. The lowest BCUT2D eigenvalue weighted by atomic mass is 10.2. The van der Waals surface area contributed by atoms with Gasteiger partial charge in [0.25, 0.3) is 5.91 Å². The average molecular weight is 347 g/mol. The number of anilines is 1. The van der Waals surface area contributed by atoms with Crippen LogP contribution in [0.2, 0.25) is 5.02 Å². The largest absolute Gasteiger partial charge is 0.380 e. The SMILES string of the molecule is CN(C)CCCNC(=O)c1cncc(NCc2ccc(Cl)cc2)c1. The molecule has 5 nitrogen and oxygen atoms in total. The molecule has 0 saturated heterocycles. The average Bonchev–Trinajstić information content (AvgIpc) is 2.58. The van der Waals surface area contributed by atoms with Crippen molar-refractivity contribution in [2.24, 2.45) is 0 Å². The Morgan fingerprint density at radius 2 is 1.96 bits per heavy atom. The molecule has 0 fully saturated rings. The molecular formula is C18H23ClN4O. The van der Waals surface area contributed by atoms with E-state index in [0.29, 0.717) is 23.7 Å². The van der Waals surface area contributed by atoms with Crippen LogP contribution in [0.4, 0.5) is 5.69 Å². The maximum absolute atomic E-state index is 12.1. The predicted octanol–water partition coefficient (Wildman–Crippen LogP) is 3.03. The van der Waals surface area contributed by atoms with Gasteiger partial charge in [0.05, 0.1) is 11.3 Å². The van der Waals surface area contributed by atoms with Crippen molar-refractivity contribution in [2.45, 2.75) is 13.0 Å². The van der Waals surface area contributed by atoms with Gasteiger partial charge in [0, 0.05) is 30.5 Å². The molecular weight excluding hydrogens is 324 g/mol. The lowest BCUT2D eigenvalue weighted by Gasteiger charge is -2.11. The summed E-state index contributed by atoms with van der Waals surface area (Å²) in [4.78, 5) is 18.4. The summed E-state index contributed by atoms with van der Waals surface area (Å²) in [5, 5.41) is 6.90. The number of nitrogens with zero attached hydrogens (tertiary/aromatic N) is 2. The molecule has 2 aromatic rings. The van der Waals surface area contributed by atoms with Crippen molar-refractivity contribution in [3.05, 3.63) is 58.9 Å². The molecule has 0 bridgehead atoms. The second kappa shape index (κ2) is 9.25. The van der Waals surface area contributed by atoms with Gasteiger partial charge in [-0.1, -0.05) is 23.7 Å². The minimum absolute atomic E-state index is 0.101. The lowest BCUT2D eigenvalue weighted by Crippen LogP contribution is -2.27. The normalized spacial score (nSPS) is 10.7. The van der Waals surface area contributed by atoms with E-state index in [-0.39, 0.29) is 5.91 Å². The zero-order chi connectivity index (χ0) is 17.4. The summed E-state index contributed by atoms with van der Waals surface area (Å²) in [6.07, 6.45) is 4.20. The Balaban J connectivity index is 1.86. The number of carbonyl (C=O) groups excluding carboxylic acids is 1. The second-order valence-electron chi connectivity index (χ2n) is 5.86. The zero-order valence-corrected chi connectivity index (χ0v) is 14.8. The molecule has 0 atom stereocenters. The lowest BCUT2D eigenvalue weighted by molar-refractivity contribution is 0.0952. The van der Waals surface area contributed by atoms with Gasteiger partial charge < -0.3 is 15.5 Å². The number of rotatable bonds is 8. The van der Waals surface area contributed by atoms with Gasteiger partial charge in [0.1, 0.15) is 0 Å². The van der Waals surface area contributed by atoms with Gasteiger partial charge in [-0.05, 0) is 50.8 Å². The standard InChI is InChI=1S/C18H23ClN4O/c1-23(2)9-3-8-21-18(24)15-10-17(13-20-12-15)22-11-14-4-6-16(19)7-5-14/h4-7,10,12-13,22H,3,8-9,11H2,1-2H3,(H,21,24). The number of amides is 1. The van der Waals surface area contributed by atoms with E-state index < -0.39 is 0 Å². The molecule has 128 valence electrons. The fourth-order valence-corrected chi connectivity index (χ4v) is 2.29. The highest BCUT2D eigenvalue weighted by Gasteiger charge is 2.06. The first-order valence-electron chi connectivity index (χ1n) is 7.91. The van der Waals surface area contributed by atoms with Crippen molar-refractivity contribution in [2.75, 3.05) is 32.5 Å². The van der Waals surface area contributed by atoms with Gasteiger partial charge in [-0.3, -0.25) is 9.78 Å². The number of pyridine rings is 1. The van der Waals surface area contributed by atoms with Crippen molar-refractivity contribution >= 4 is 23.2 Å². The molecule has 6 heteroatoms. The Bertz CT molecular complexity index is 658. The Morgan fingerprint density at radius 3 is 2.67 bits per heavy atom. The van der Waals surface area contributed by atoms with Crippen LogP contribution in [0.15, 0.2) is 42.7 Å². The van der Waals surface area contributed by atoms with E-state index in [9.17, 15) is 4.79 Å². The molecule has 0 aliphatic heterocycles. The van der Waals surface area contributed by atoms with Crippen LogP contribution in [0.1, 0.15) is 22.3 Å². The molecule has 0 spiro atoms. The quantitative estimate of drug-likeness (QED) is 0.721. The van der Waals surface area contributed by atoms with Gasteiger partial charge in [-0.2, -0.15) is 0 Å². The van der Waals surface area contributed by atoms with Crippen molar-refractivity contribution in [3.63, 3.8) is 0 Å². The van der Waals surface area contributed by atoms with Gasteiger partial charge in [0.2, 0.25) is 0 Å². The number of hydrogen-bond acceptors (Lipinski definition) is 4. The van der Waals surface area contributed by atoms with Crippen molar-refractivity contribution < 1.29 is 4.79 Å². The monoisotopic (exact) mass is 346 g/mol. The Kier molecular flexibility index (Phi) is 7.03. The Hall–Kier alpha value is -2.11. The molecule has 24 heavy (non-hydrogen) atoms. The fourth-order valence-electron chi connectivity index (χ4n) is 2.17. The van der Waals surface area contributed by atoms with Gasteiger partial charge in [-0.15, -0.1) is 0 Å². The second-order valence-corrected chi connectivity index (χ2v) is 6.29. The summed E-state index contributed by atoms with van der Waals surface area (Å²) < 4.78 is 0. The predicted molar refractivity (Wildman–Crippen MR) is 98.5 cm³/mol. The summed E-state index contributed by atoms with van der Waals surface area (Å²) >= 11 is 5.88. The molecule has 0 saturated carbocycles. The number of halogens is 1. The van der Waals surface area contributed by atoms with Crippen molar-refractivity contribution in [1.82, 2.24) is 15.2 Å². The first kappa shape index (κ1) is 18.2. The number of benzene rings is 1. The number of carbonyl (C=O) groups is 1. The van der Waals surface area contributed by atoms with Gasteiger partial charge in [-0.25, -0.2) is 0 Å². The van der Waals surface area contributed by atoms with Crippen LogP contribution in [-0.4, -0.2) is 43.0 Å². The zero-order valence-electron chi connectivity index (χ0n) is 14.1. The van der Waals surface area contributed by atoms with Crippen LogP contribution in [0, 0.1) is 0 Å². The highest BCUT2D eigenvalue weighted by Crippen LogP contribution is 2.13. The van der Waals surface area contributed by atoms with E-state index in [1.54, 1.807) is 12.4 Å². The van der Waals surface area contributed by atoms with Gasteiger partial charge >= 0.3 is 0 Å². The molecule has 0 radical (unpaired) electrons.